The number of aliphatic hydroxyl groups is 1. The number of alkyl carbamates (subject to hydrolysis) is 1. The summed E-state index contributed by atoms with van der Waals surface area (Å²) in [4.78, 5) is 73.4. The van der Waals surface area contributed by atoms with Crippen molar-refractivity contribution in [3.05, 3.63) is 58.8 Å². The number of hydrogen-bond acceptors (Lipinski definition) is 13. The Morgan fingerprint density at radius 2 is 1.77 bits per heavy atom. The molecular weight excluding hydrogens is 998 g/mol. The molecular formula is C56H82FN5O11SSi. The molecule has 1 aromatic heterocycles. The van der Waals surface area contributed by atoms with Crippen molar-refractivity contribution < 1.29 is 56.8 Å². The minimum atomic E-state index is -2.07. The summed E-state index contributed by atoms with van der Waals surface area (Å²) in [7, 11) is -2.07. The summed E-state index contributed by atoms with van der Waals surface area (Å²) in [6, 6.07) is 3.52. The molecule has 414 valence electrons. The van der Waals surface area contributed by atoms with Crippen molar-refractivity contribution in [3.8, 4) is 16.2 Å². The summed E-state index contributed by atoms with van der Waals surface area (Å²) >= 11 is 1.50. The number of ether oxygens (including phenoxy) is 4. The predicted octanol–water partition coefficient (Wildman–Crippen LogP) is 8.50. The lowest BCUT2D eigenvalue weighted by atomic mass is 9.65. The zero-order chi connectivity index (χ0) is 54.6. The first kappa shape index (κ1) is 58.0. The zero-order valence-corrected chi connectivity index (χ0v) is 47.7. The second-order valence-corrected chi connectivity index (χ2v) is 29.8. The van der Waals surface area contributed by atoms with Crippen molar-refractivity contribution in [3.63, 3.8) is 0 Å². The van der Waals surface area contributed by atoms with Gasteiger partial charge in [-0.25, -0.2) is 14.2 Å². The maximum Gasteiger partial charge on any atom is 0.407 e. The molecule has 2 saturated heterocycles. The number of hydrogen-bond donors (Lipinski definition) is 4. The van der Waals surface area contributed by atoms with E-state index in [2.05, 4.69) is 86.9 Å². The second kappa shape index (κ2) is 23.9. The Morgan fingerprint density at radius 1 is 1.03 bits per heavy atom. The molecule has 16 nitrogen and oxygen atoms in total. The number of halogens is 1. The van der Waals surface area contributed by atoms with Crippen LogP contribution >= 0.6 is 11.3 Å². The summed E-state index contributed by atoms with van der Waals surface area (Å²) in [5, 5.41) is 19.1. The van der Waals surface area contributed by atoms with Crippen LogP contribution in [0.15, 0.2) is 47.5 Å². The molecule has 10 atom stereocenters. The molecule has 0 radical (unpaired) electrons. The number of nitrogens with zero attached hydrogens (tertiary/aromatic N) is 2. The number of carbonyl (C=O) groups excluding carboxylic acids is 5. The molecule has 3 aliphatic carbocycles. The molecule has 2 aromatic rings. The molecule has 2 aliphatic heterocycles. The van der Waals surface area contributed by atoms with E-state index in [0.717, 1.165) is 22.6 Å². The Morgan fingerprint density at radius 3 is 2.45 bits per heavy atom. The van der Waals surface area contributed by atoms with Gasteiger partial charge in [0.25, 0.3) is 5.91 Å². The lowest BCUT2D eigenvalue weighted by Crippen LogP contribution is -2.59. The van der Waals surface area contributed by atoms with E-state index in [4.69, 9.17) is 23.4 Å². The van der Waals surface area contributed by atoms with Crippen molar-refractivity contribution in [2.24, 2.45) is 29.1 Å². The number of fused-ring (bicyclic) bond motifs is 1. The molecule has 3 heterocycles. The fraction of sp³-hybridized carbons (Fsp3) is 0.679. The van der Waals surface area contributed by atoms with Gasteiger partial charge in [-0.2, -0.15) is 0 Å². The molecule has 3 fully saturated rings. The third-order valence-corrected chi connectivity index (χ3v) is 21.6. The zero-order valence-electron chi connectivity index (χ0n) is 45.9. The van der Waals surface area contributed by atoms with Gasteiger partial charge in [-0.05, 0) is 97.5 Å². The van der Waals surface area contributed by atoms with Crippen LogP contribution in [0.4, 0.5) is 9.18 Å². The summed E-state index contributed by atoms with van der Waals surface area (Å²) in [6.45, 7) is 23.3. The van der Waals surface area contributed by atoms with E-state index >= 15 is 0 Å². The highest BCUT2D eigenvalue weighted by Gasteiger charge is 2.53. The van der Waals surface area contributed by atoms with Crippen LogP contribution in [0.2, 0.25) is 18.1 Å². The minimum Gasteiger partial charge on any atom is -0.491 e. The van der Waals surface area contributed by atoms with Gasteiger partial charge < -0.3 is 49.3 Å². The van der Waals surface area contributed by atoms with Crippen LogP contribution in [0.1, 0.15) is 118 Å². The number of rotatable bonds is 20. The maximum atomic E-state index is 14.7. The van der Waals surface area contributed by atoms with Gasteiger partial charge in [0, 0.05) is 44.0 Å². The first-order valence-corrected chi connectivity index (χ1v) is 30.7. The highest BCUT2D eigenvalue weighted by Crippen LogP contribution is 2.46. The number of likely N-dealkylation sites (tertiary alicyclic amines) is 1. The molecule has 0 spiro atoms. The summed E-state index contributed by atoms with van der Waals surface area (Å²) in [5.41, 5.74) is 2.56. The maximum absolute atomic E-state index is 14.7. The quantitative estimate of drug-likeness (QED) is 0.0560. The summed E-state index contributed by atoms with van der Waals surface area (Å²) in [5.74, 6) is -0.936. The number of amides is 4. The van der Waals surface area contributed by atoms with E-state index in [-0.39, 0.29) is 118 Å². The standard InChI is InChI=1S/C56H82FN5O11SSi/c1-33-24-36-13-12-34(2)42(17-16-40-28-41(29-46(64)71-40)73-75(10,11)55(7,8)9)47(36)45(25-33)72-53(68)58-20-21-69-22-23-70-44-26-37(48-35(3)60-32-74-48)14-15-38(44)30-59-50(65)43-27-39(63)31-62(43)51(66)49(54(4,5)6)61-52(67)56(57)18-19-56/h12-15,24,26,32-34,39-43,45,47,49,63H,16-23,25,27-31H2,1-11H3,(H,58,68)(H,59,65)(H,61,67)/t33-,34-,39+,40+,41+,42-,43-,45-,47-,49+/m0/s1. The van der Waals surface area contributed by atoms with E-state index in [0.29, 0.717) is 30.6 Å². The van der Waals surface area contributed by atoms with Crippen LogP contribution in [-0.4, -0.2) is 128 Å². The van der Waals surface area contributed by atoms with Crippen LogP contribution in [0, 0.1) is 36.0 Å². The number of cyclic esters (lactones) is 1. The Labute approximate surface area is 447 Å². The van der Waals surface area contributed by atoms with Crippen LogP contribution in [0.3, 0.4) is 0 Å². The molecule has 75 heavy (non-hydrogen) atoms. The number of β-amino-alcohol motifs (C(OH)–C–C–N with tert-alkyl or cyclic N) is 1. The number of aromatic nitrogens is 1. The molecule has 0 bridgehead atoms. The van der Waals surface area contributed by atoms with Gasteiger partial charge in [-0.1, -0.05) is 85.8 Å². The van der Waals surface area contributed by atoms with E-state index in [1.807, 2.05) is 25.1 Å². The first-order chi connectivity index (χ1) is 35.2. The smallest absolute Gasteiger partial charge is 0.407 e. The second-order valence-electron chi connectivity index (χ2n) is 24.2. The molecule has 0 unspecified atom stereocenters. The van der Waals surface area contributed by atoms with Gasteiger partial charge in [-0.3, -0.25) is 19.2 Å². The highest BCUT2D eigenvalue weighted by molar-refractivity contribution is 7.13. The Kier molecular flexibility index (Phi) is 18.5. The van der Waals surface area contributed by atoms with Crippen molar-refractivity contribution in [2.45, 2.75) is 181 Å². The molecule has 4 amide bonds. The van der Waals surface area contributed by atoms with Crippen molar-refractivity contribution in [1.29, 1.82) is 0 Å². The topological polar surface area (TPSA) is 204 Å². The fourth-order valence-electron chi connectivity index (χ4n) is 10.6. The lowest BCUT2D eigenvalue weighted by Gasteiger charge is -2.44. The van der Waals surface area contributed by atoms with E-state index in [1.54, 1.807) is 26.3 Å². The van der Waals surface area contributed by atoms with Gasteiger partial charge in [0.05, 0.1) is 47.9 Å². The number of nitrogens with one attached hydrogen (secondary N) is 3. The molecule has 5 aliphatic rings. The monoisotopic (exact) mass is 1080 g/mol. The number of carbonyl (C=O) groups is 5. The third kappa shape index (κ3) is 14.7. The van der Waals surface area contributed by atoms with Crippen molar-refractivity contribution in [2.75, 3.05) is 32.9 Å². The van der Waals surface area contributed by atoms with E-state index < -0.39 is 61.4 Å². The molecule has 19 heteroatoms. The number of esters is 1. The number of aryl methyl sites for hydroxylation is 1. The average Bonchev–Trinajstić information content (AvgIpc) is 3.73. The number of benzene rings is 1. The van der Waals surface area contributed by atoms with Crippen molar-refractivity contribution >= 4 is 49.4 Å². The molecule has 1 saturated carbocycles. The molecule has 1 aromatic carbocycles. The van der Waals surface area contributed by atoms with Crippen LogP contribution in [-0.2, 0) is 44.4 Å². The van der Waals surface area contributed by atoms with Gasteiger partial charge >= 0.3 is 12.1 Å². The lowest BCUT2D eigenvalue weighted by molar-refractivity contribution is -0.160. The highest BCUT2D eigenvalue weighted by atomic mass is 32.1. The van der Waals surface area contributed by atoms with Gasteiger partial charge in [0.2, 0.25) is 11.8 Å². The summed E-state index contributed by atoms with van der Waals surface area (Å²) in [6.07, 6.45) is 7.92. The van der Waals surface area contributed by atoms with E-state index in [9.17, 15) is 33.5 Å². The third-order valence-electron chi connectivity index (χ3n) is 16.0. The van der Waals surface area contributed by atoms with Crippen LogP contribution < -0.4 is 20.7 Å². The number of thiazole rings is 1. The van der Waals surface area contributed by atoms with E-state index in [1.165, 1.54) is 21.8 Å². The number of alkyl halides is 1. The summed E-state index contributed by atoms with van der Waals surface area (Å²) < 4.78 is 45.6. The number of aliphatic hydroxyl groups excluding tert-OH is 1. The van der Waals surface area contributed by atoms with Gasteiger partial charge in [0.1, 0.15) is 36.6 Å². The number of allylic oxidation sites excluding steroid dienone is 3. The van der Waals surface area contributed by atoms with Crippen LogP contribution in [0.5, 0.6) is 5.75 Å². The fourth-order valence-corrected chi connectivity index (χ4v) is 12.8. The van der Waals surface area contributed by atoms with Gasteiger partial charge in [0.15, 0.2) is 14.0 Å². The predicted molar refractivity (Wildman–Crippen MR) is 287 cm³/mol. The minimum absolute atomic E-state index is 0.00110. The Hall–Kier alpha value is -4.69. The molecule has 4 N–H and O–H groups in total. The Balaban J connectivity index is 0.901. The first-order valence-electron chi connectivity index (χ1n) is 26.9. The van der Waals surface area contributed by atoms with Crippen LogP contribution in [0.25, 0.3) is 10.4 Å². The average molecular weight is 1080 g/mol. The largest absolute Gasteiger partial charge is 0.491 e. The molecule has 7 rings (SSSR count). The SMILES string of the molecule is Cc1ncsc1-c1ccc(CNC(=O)[C@@H]2C[C@@H](O)CN2C(=O)[C@@H](NC(=O)C2(F)CC2)C(C)(C)C)c(OCCOCCNC(=O)O[C@H]2C[C@@H](C)C=C3C=C[C@H](C)[C@H](CC[C@@H]4C[C@@H](O[Si](C)(C)C(C)(C)C)CC(=O)O4)[C@H]32)c1. The van der Waals surface area contributed by atoms with Crippen molar-refractivity contribution in [1.82, 2.24) is 25.8 Å². The van der Waals surface area contributed by atoms with Gasteiger partial charge in [-0.15, -0.1) is 11.3 Å². The Bertz CT molecular complexity index is 2450. The normalized spacial score (nSPS) is 26.8.